The molecule has 22 heavy (non-hydrogen) atoms. The second-order valence-corrected chi connectivity index (χ2v) is 7.09. The molecule has 1 aromatic carbocycles. The number of nitrogens with zero attached hydrogens (tertiary/aromatic N) is 1. The summed E-state index contributed by atoms with van der Waals surface area (Å²) >= 11 is 0. The Labute approximate surface area is 134 Å². The van der Waals surface area contributed by atoms with E-state index in [0.29, 0.717) is 24.4 Å². The Morgan fingerprint density at radius 3 is 2.64 bits per heavy atom. The molecular weight excluding hydrogens is 276 g/mol. The monoisotopic (exact) mass is 306 g/mol. The first-order chi connectivity index (χ1) is 10.2. The number of aliphatic hydroxyl groups is 1. The van der Waals surface area contributed by atoms with E-state index in [2.05, 4.69) is 17.1 Å². The first kappa shape index (κ1) is 18.7. The summed E-state index contributed by atoms with van der Waals surface area (Å²) in [6.45, 7) is 7.35. The lowest BCUT2D eigenvalue weighted by Gasteiger charge is -2.18. The lowest BCUT2D eigenvalue weighted by molar-refractivity contribution is 0.0714. The van der Waals surface area contributed by atoms with Gasteiger partial charge in [0.25, 0.3) is 5.91 Å². The van der Waals surface area contributed by atoms with Gasteiger partial charge in [0.1, 0.15) is 0 Å². The fourth-order valence-electron chi connectivity index (χ4n) is 2.38. The maximum atomic E-state index is 12.2. The lowest BCUT2D eigenvalue weighted by atomic mass is 9.98. The second kappa shape index (κ2) is 8.30. The molecule has 0 spiro atoms. The Hall–Kier alpha value is -1.39. The minimum atomic E-state index is -0.681. The number of hydrogen-bond donors (Lipinski definition) is 2. The van der Waals surface area contributed by atoms with Crippen molar-refractivity contribution < 1.29 is 9.90 Å². The molecule has 0 saturated carbocycles. The Kier molecular flexibility index (Phi) is 7.04. The van der Waals surface area contributed by atoms with Crippen molar-refractivity contribution in [3.63, 3.8) is 0 Å². The van der Waals surface area contributed by atoms with Crippen LogP contribution in [0.5, 0.6) is 0 Å². The molecule has 0 aliphatic carbocycles. The second-order valence-electron chi connectivity index (χ2n) is 7.09. The van der Waals surface area contributed by atoms with Crippen molar-refractivity contribution in [2.75, 3.05) is 27.2 Å². The molecule has 0 aromatic heterocycles. The average Bonchev–Trinajstić information content (AvgIpc) is 2.41. The van der Waals surface area contributed by atoms with Crippen LogP contribution in [0, 0.1) is 5.92 Å². The molecule has 1 amide bonds. The van der Waals surface area contributed by atoms with Crippen LogP contribution in [0.1, 0.15) is 43.1 Å². The highest BCUT2D eigenvalue weighted by Crippen LogP contribution is 2.14. The Morgan fingerprint density at radius 2 is 2.05 bits per heavy atom. The van der Waals surface area contributed by atoms with Crippen LogP contribution in [0.3, 0.4) is 0 Å². The molecule has 2 N–H and O–H groups in total. The van der Waals surface area contributed by atoms with Crippen molar-refractivity contribution >= 4 is 5.91 Å². The van der Waals surface area contributed by atoms with Gasteiger partial charge in [-0.05, 0) is 64.4 Å². The average molecular weight is 306 g/mol. The maximum Gasteiger partial charge on any atom is 0.251 e. The minimum absolute atomic E-state index is 0.0317. The zero-order valence-corrected chi connectivity index (χ0v) is 14.5. The zero-order valence-electron chi connectivity index (χ0n) is 14.5. The van der Waals surface area contributed by atoms with E-state index in [4.69, 9.17) is 0 Å². The van der Waals surface area contributed by atoms with Crippen LogP contribution in [-0.2, 0) is 6.42 Å². The largest absolute Gasteiger partial charge is 0.390 e. The smallest absolute Gasteiger partial charge is 0.251 e. The fraction of sp³-hybridized carbons (Fsp3) is 0.611. The van der Waals surface area contributed by atoms with E-state index in [9.17, 15) is 9.90 Å². The number of benzene rings is 1. The molecule has 4 heteroatoms. The summed E-state index contributed by atoms with van der Waals surface area (Å²) in [4.78, 5) is 14.3. The number of nitrogens with one attached hydrogen (secondary N) is 1. The van der Waals surface area contributed by atoms with Crippen molar-refractivity contribution in [2.24, 2.45) is 5.92 Å². The van der Waals surface area contributed by atoms with Crippen molar-refractivity contribution in [2.45, 2.75) is 39.2 Å². The SMILES string of the molecule is C[C@H](CNC(=O)c1cccc(CCC(C)(C)O)c1)CN(C)C. The normalized spacial score (nSPS) is 13.2. The molecule has 0 saturated heterocycles. The number of carbonyl (C=O) groups is 1. The van der Waals surface area contributed by atoms with Gasteiger partial charge in [-0.1, -0.05) is 19.1 Å². The van der Waals surface area contributed by atoms with Crippen LogP contribution in [0.15, 0.2) is 24.3 Å². The molecule has 0 aliphatic rings. The number of amides is 1. The van der Waals surface area contributed by atoms with Crippen LogP contribution in [0.4, 0.5) is 0 Å². The van der Waals surface area contributed by atoms with Gasteiger partial charge in [0.15, 0.2) is 0 Å². The van der Waals surface area contributed by atoms with Gasteiger partial charge in [0.2, 0.25) is 0 Å². The van der Waals surface area contributed by atoms with Gasteiger partial charge >= 0.3 is 0 Å². The lowest BCUT2D eigenvalue weighted by Crippen LogP contribution is -2.32. The molecule has 1 aromatic rings. The Morgan fingerprint density at radius 1 is 1.36 bits per heavy atom. The molecule has 124 valence electrons. The predicted molar refractivity (Wildman–Crippen MR) is 91.1 cm³/mol. The molecule has 1 atom stereocenters. The van der Waals surface area contributed by atoms with Gasteiger partial charge in [0, 0.05) is 18.7 Å². The van der Waals surface area contributed by atoms with E-state index >= 15 is 0 Å². The first-order valence-corrected chi connectivity index (χ1v) is 7.91. The number of hydrogen-bond acceptors (Lipinski definition) is 3. The van der Waals surface area contributed by atoms with Crippen LogP contribution < -0.4 is 5.32 Å². The maximum absolute atomic E-state index is 12.2. The molecule has 0 heterocycles. The summed E-state index contributed by atoms with van der Waals surface area (Å²) < 4.78 is 0. The Balaban J connectivity index is 2.55. The number of rotatable bonds is 8. The summed E-state index contributed by atoms with van der Waals surface area (Å²) in [5.74, 6) is 0.382. The van der Waals surface area contributed by atoms with Crippen LogP contribution >= 0.6 is 0 Å². The fourth-order valence-corrected chi connectivity index (χ4v) is 2.38. The predicted octanol–water partition coefficient (Wildman–Crippen LogP) is 2.32. The van der Waals surface area contributed by atoms with Gasteiger partial charge in [-0.3, -0.25) is 4.79 Å². The highest BCUT2D eigenvalue weighted by molar-refractivity contribution is 5.94. The molecule has 0 aliphatic heterocycles. The summed E-state index contributed by atoms with van der Waals surface area (Å²) in [5.41, 5.74) is 1.08. The van der Waals surface area contributed by atoms with E-state index in [-0.39, 0.29) is 5.91 Å². The molecule has 0 unspecified atom stereocenters. The van der Waals surface area contributed by atoms with Crippen LogP contribution in [0.25, 0.3) is 0 Å². The van der Waals surface area contributed by atoms with Crippen molar-refractivity contribution in [1.82, 2.24) is 10.2 Å². The van der Waals surface area contributed by atoms with Crippen molar-refractivity contribution in [3.8, 4) is 0 Å². The molecule has 0 radical (unpaired) electrons. The van der Waals surface area contributed by atoms with E-state index in [0.717, 1.165) is 18.5 Å². The molecule has 1 rings (SSSR count). The summed E-state index contributed by atoms with van der Waals surface area (Å²) in [5, 5.41) is 12.8. The third kappa shape index (κ3) is 7.57. The zero-order chi connectivity index (χ0) is 16.8. The van der Waals surface area contributed by atoms with Crippen molar-refractivity contribution in [3.05, 3.63) is 35.4 Å². The van der Waals surface area contributed by atoms with Crippen molar-refractivity contribution in [1.29, 1.82) is 0 Å². The topological polar surface area (TPSA) is 52.6 Å². The molecule has 0 bridgehead atoms. The third-order valence-corrected chi connectivity index (χ3v) is 3.50. The van der Waals surface area contributed by atoms with E-state index in [1.807, 2.05) is 38.4 Å². The standard InChI is InChI=1S/C18H30N2O2/c1-14(13-20(4)5)12-19-17(21)16-8-6-7-15(11-16)9-10-18(2,3)22/h6-8,11,14,22H,9-10,12-13H2,1-5H3,(H,19,21)/t14-/m1/s1. The number of carbonyl (C=O) groups excluding carboxylic acids is 1. The minimum Gasteiger partial charge on any atom is -0.390 e. The first-order valence-electron chi connectivity index (χ1n) is 7.91. The van der Waals surface area contributed by atoms with Gasteiger partial charge in [0.05, 0.1) is 5.60 Å². The van der Waals surface area contributed by atoms with Gasteiger partial charge in [-0.2, -0.15) is 0 Å². The van der Waals surface area contributed by atoms with Gasteiger partial charge in [-0.25, -0.2) is 0 Å². The molecule has 4 nitrogen and oxygen atoms in total. The molecule has 0 fully saturated rings. The molecular formula is C18H30N2O2. The summed E-state index contributed by atoms with van der Waals surface area (Å²) in [6.07, 6.45) is 1.44. The number of aryl methyl sites for hydroxylation is 1. The van der Waals surface area contributed by atoms with Crippen LogP contribution in [0.2, 0.25) is 0 Å². The highest BCUT2D eigenvalue weighted by Gasteiger charge is 2.13. The Bertz CT molecular complexity index is 478. The van der Waals surface area contributed by atoms with Gasteiger partial charge in [-0.15, -0.1) is 0 Å². The quantitative estimate of drug-likeness (QED) is 0.775. The van der Waals surface area contributed by atoms with Crippen LogP contribution in [-0.4, -0.2) is 48.7 Å². The summed E-state index contributed by atoms with van der Waals surface area (Å²) in [6, 6.07) is 7.65. The third-order valence-electron chi connectivity index (χ3n) is 3.50. The summed E-state index contributed by atoms with van der Waals surface area (Å²) in [7, 11) is 4.06. The van der Waals surface area contributed by atoms with E-state index in [1.54, 1.807) is 13.8 Å². The van der Waals surface area contributed by atoms with E-state index in [1.165, 1.54) is 0 Å². The highest BCUT2D eigenvalue weighted by atomic mass is 16.3. The van der Waals surface area contributed by atoms with Gasteiger partial charge < -0.3 is 15.3 Å². The van der Waals surface area contributed by atoms with E-state index < -0.39 is 5.60 Å².